The number of nitrogens with zero attached hydrogens (tertiary/aromatic N) is 2. The number of hydrogen-bond acceptors (Lipinski definition) is 4. The lowest BCUT2D eigenvalue weighted by atomic mass is 10.3. The summed E-state index contributed by atoms with van der Waals surface area (Å²) >= 11 is 1.58. The Balaban J connectivity index is 2.29. The smallest absolute Gasteiger partial charge is 0.327 e. The van der Waals surface area contributed by atoms with Crippen molar-refractivity contribution in [1.82, 2.24) is 15.1 Å². The van der Waals surface area contributed by atoms with Crippen LogP contribution in [0.5, 0.6) is 0 Å². The van der Waals surface area contributed by atoms with Gasteiger partial charge >= 0.3 is 12.0 Å². The first-order valence-electron chi connectivity index (χ1n) is 6.52. The molecule has 0 radical (unpaired) electrons. The van der Waals surface area contributed by atoms with Crippen LogP contribution in [0.25, 0.3) is 0 Å². The quantitative estimate of drug-likeness (QED) is 0.698. The molecule has 6 nitrogen and oxygen atoms in total. The van der Waals surface area contributed by atoms with E-state index < -0.39 is 12.0 Å². The second-order valence-corrected chi connectivity index (χ2v) is 6.01. The van der Waals surface area contributed by atoms with Crippen LogP contribution in [-0.4, -0.2) is 78.2 Å². The summed E-state index contributed by atoms with van der Waals surface area (Å²) in [6, 6.07) is -0.946. The zero-order valence-corrected chi connectivity index (χ0v) is 12.4. The number of urea groups is 1. The highest BCUT2D eigenvalue weighted by Crippen LogP contribution is 2.16. The fourth-order valence-corrected chi connectivity index (χ4v) is 2.94. The van der Waals surface area contributed by atoms with Crippen molar-refractivity contribution in [2.75, 3.05) is 45.2 Å². The Morgan fingerprint density at radius 2 is 2.16 bits per heavy atom. The van der Waals surface area contributed by atoms with Crippen LogP contribution < -0.4 is 5.32 Å². The van der Waals surface area contributed by atoms with Gasteiger partial charge < -0.3 is 20.2 Å². The maximum absolute atomic E-state index is 11.9. The Kier molecular flexibility index (Phi) is 7.01. The zero-order valence-electron chi connectivity index (χ0n) is 11.6. The van der Waals surface area contributed by atoms with Crippen molar-refractivity contribution in [2.45, 2.75) is 18.9 Å². The highest BCUT2D eigenvalue weighted by molar-refractivity contribution is 7.99. The number of amides is 2. The molecule has 0 aromatic rings. The van der Waals surface area contributed by atoms with Gasteiger partial charge in [0, 0.05) is 24.6 Å². The molecule has 7 heteroatoms. The molecule has 0 spiro atoms. The predicted molar refractivity (Wildman–Crippen MR) is 76.6 cm³/mol. The van der Waals surface area contributed by atoms with E-state index in [1.807, 2.05) is 14.1 Å². The Labute approximate surface area is 118 Å². The van der Waals surface area contributed by atoms with Gasteiger partial charge in [-0.05, 0) is 33.5 Å². The first-order chi connectivity index (χ1) is 9.02. The van der Waals surface area contributed by atoms with Crippen molar-refractivity contribution in [2.24, 2.45) is 0 Å². The normalized spacial score (nSPS) is 19.5. The number of hydrogen-bond donors (Lipinski definition) is 2. The van der Waals surface area contributed by atoms with Crippen LogP contribution in [-0.2, 0) is 4.79 Å². The minimum atomic E-state index is -0.921. The summed E-state index contributed by atoms with van der Waals surface area (Å²) in [6.07, 6.45) is 1.93. The number of carbonyl (C=O) groups excluding carboxylic acids is 1. The third-order valence-electron chi connectivity index (χ3n) is 2.98. The first-order valence-corrected chi connectivity index (χ1v) is 7.67. The van der Waals surface area contributed by atoms with Crippen molar-refractivity contribution < 1.29 is 14.7 Å². The molecule has 110 valence electrons. The lowest BCUT2D eigenvalue weighted by Crippen LogP contribution is -2.53. The molecule has 2 N–H and O–H groups in total. The second kappa shape index (κ2) is 8.27. The molecule has 0 aliphatic carbocycles. The summed E-state index contributed by atoms with van der Waals surface area (Å²) in [6.45, 7) is 2.10. The second-order valence-electron chi connectivity index (χ2n) is 4.86. The van der Waals surface area contributed by atoms with Crippen LogP contribution in [0.4, 0.5) is 4.79 Å². The van der Waals surface area contributed by atoms with E-state index in [2.05, 4.69) is 10.2 Å². The summed E-state index contributed by atoms with van der Waals surface area (Å²) in [5, 5.41) is 11.9. The van der Waals surface area contributed by atoms with Crippen LogP contribution in [0.3, 0.4) is 0 Å². The molecule has 1 unspecified atom stereocenters. The molecule has 1 rings (SSSR count). The number of nitrogens with one attached hydrogen (secondary N) is 1. The Bertz CT molecular complexity index is 313. The van der Waals surface area contributed by atoms with Gasteiger partial charge in [-0.25, -0.2) is 9.59 Å². The fourth-order valence-electron chi connectivity index (χ4n) is 1.90. The van der Waals surface area contributed by atoms with Gasteiger partial charge in [0.1, 0.15) is 6.04 Å². The van der Waals surface area contributed by atoms with Crippen molar-refractivity contribution in [3.05, 3.63) is 0 Å². The van der Waals surface area contributed by atoms with Crippen LogP contribution in [0, 0.1) is 0 Å². The SMILES string of the molecule is CN(C)CCCCNC(=O)N1CCSCC1C(=O)O. The van der Waals surface area contributed by atoms with Gasteiger partial charge in [-0.2, -0.15) is 11.8 Å². The van der Waals surface area contributed by atoms with Gasteiger partial charge in [-0.1, -0.05) is 0 Å². The largest absolute Gasteiger partial charge is 0.480 e. The number of aliphatic carboxylic acids is 1. The average Bonchev–Trinajstić information content (AvgIpc) is 2.37. The summed E-state index contributed by atoms with van der Waals surface area (Å²) in [5.74, 6) is 0.358. The lowest BCUT2D eigenvalue weighted by molar-refractivity contribution is -0.141. The molecule has 19 heavy (non-hydrogen) atoms. The molecule has 1 saturated heterocycles. The number of thioether (sulfide) groups is 1. The number of carbonyl (C=O) groups is 2. The summed E-state index contributed by atoms with van der Waals surface area (Å²) < 4.78 is 0. The van der Waals surface area contributed by atoms with E-state index in [1.165, 1.54) is 4.90 Å². The van der Waals surface area contributed by atoms with Gasteiger partial charge in [-0.3, -0.25) is 0 Å². The molecule has 1 aliphatic heterocycles. The van der Waals surface area contributed by atoms with Gasteiger partial charge in [-0.15, -0.1) is 0 Å². The Hall–Kier alpha value is -0.950. The van der Waals surface area contributed by atoms with Crippen LogP contribution in [0.15, 0.2) is 0 Å². The maximum Gasteiger partial charge on any atom is 0.327 e. The monoisotopic (exact) mass is 289 g/mol. The number of carboxylic acid groups (broad SMARTS) is 1. The molecule has 1 fully saturated rings. The van der Waals surface area contributed by atoms with E-state index in [0.29, 0.717) is 18.8 Å². The molecule has 0 bridgehead atoms. The number of rotatable bonds is 6. The summed E-state index contributed by atoms with van der Waals surface area (Å²) in [5.41, 5.74) is 0. The molecule has 2 amide bonds. The van der Waals surface area contributed by atoms with Gasteiger partial charge in [0.2, 0.25) is 0 Å². The summed E-state index contributed by atoms with van der Waals surface area (Å²) in [4.78, 5) is 26.6. The standard InChI is InChI=1S/C12H23N3O3S/c1-14(2)6-4-3-5-13-12(18)15-7-8-19-9-10(15)11(16)17/h10H,3-9H2,1-2H3,(H,13,18)(H,16,17). The molecular formula is C12H23N3O3S. The molecule has 0 aromatic carbocycles. The molecule has 0 saturated carbocycles. The van der Waals surface area contributed by atoms with E-state index in [9.17, 15) is 9.59 Å². The number of unbranched alkanes of at least 4 members (excludes halogenated alkanes) is 1. The molecule has 1 aliphatic rings. The predicted octanol–water partition coefficient (Wildman–Crippen LogP) is 0.540. The van der Waals surface area contributed by atoms with Crippen molar-refractivity contribution >= 4 is 23.8 Å². The highest BCUT2D eigenvalue weighted by atomic mass is 32.2. The fraction of sp³-hybridized carbons (Fsp3) is 0.833. The van der Waals surface area contributed by atoms with Crippen LogP contribution >= 0.6 is 11.8 Å². The van der Waals surface area contributed by atoms with Crippen LogP contribution in [0.1, 0.15) is 12.8 Å². The third kappa shape index (κ3) is 5.69. The summed E-state index contributed by atoms with van der Waals surface area (Å²) in [7, 11) is 4.03. The maximum atomic E-state index is 11.9. The molecule has 0 aromatic heterocycles. The average molecular weight is 289 g/mol. The molecular weight excluding hydrogens is 266 g/mol. The van der Waals surface area contributed by atoms with E-state index in [1.54, 1.807) is 11.8 Å². The Morgan fingerprint density at radius 3 is 2.79 bits per heavy atom. The van der Waals surface area contributed by atoms with Gasteiger partial charge in [0.15, 0.2) is 0 Å². The third-order valence-corrected chi connectivity index (χ3v) is 4.01. The van der Waals surface area contributed by atoms with Gasteiger partial charge in [0.05, 0.1) is 0 Å². The van der Waals surface area contributed by atoms with Crippen molar-refractivity contribution in [3.63, 3.8) is 0 Å². The van der Waals surface area contributed by atoms with Crippen molar-refractivity contribution in [3.8, 4) is 0 Å². The molecule has 1 heterocycles. The van der Waals surface area contributed by atoms with Gasteiger partial charge in [0.25, 0.3) is 0 Å². The van der Waals surface area contributed by atoms with E-state index in [-0.39, 0.29) is 6.03 Å². The molecule has 1 atom stereocenters. The topological polar surface area (TPSA) is 72.9 Å². The zero-order chi connectivity index (χ0) is 14.3. The lowest BCUT2D eigenvalue weighted by Gasteiger charge is -2.32. The van der Waals surface area contributed by atoms with E-state index in [0.717, 1.165) is 25.1 Å². The number of carboxylic acids is 1. The minimum Gasteiger partial charge on any atom is -0.480 e. The highest BCUT2D eigenvalue weighted by Gasteiger charge is 2.32. The van der Waals surface area contributed by atoms with Crippen LogP contribution in [0.2, 0.25) is 0 Å². The van der Waals surface area contributed by atoms with E-state index >= 15 is 0 Å². The van der Waals surface area contributed by atoms with E-state index in [4.69, 9.17) is 5.11 Å². The first kappa shape index (κ1) is 16.1. The van der Waals surface area contributed by atoms with Crippen molar-refractivity contribution in [1.29, 1.82) is 0 Å². The minimum absolute atomic E-state index is 0.252. The Morgan fingerprint density at radius 1 is 1.42 bits per heavy atom.